The van der Waals surface area contributed by atoms with Crippen LogP contribution in [0.1, 0.15) is 0 Å². The van der Waals surface area contributed by atoms with Crippen molar-refractivity contribution in [2.75, 3.05) is 42.9 Å². The van der Waals surface area contributed by atoms with E-state index in [0.717, 1.165) is 42.2 Å². The van der Waals surface area contributed by atoms with Gasteiger partial charge in [0.15, 0.2) is 6.54 Å². The van der Waals surface area contributed by atoms with Gasteiger partial charge in [0.1, 0.15) is 26.2 Å². The van der Waals surface area contributed by atoms with Gasteiger partial charge in [-0.05, 0) is 34.1 Å². The molecule has 6 heteroatoms. The zero-order valence-corrected chi connectivity index (χ0v) is 14.5. The highest BCUT2D eigenvalue weighted by Crippen LogP contribution is 2.20. The standard InChI is InChI=1S/C17H19BrN4O/c18-14-5-1-2-6-15(14)20-17(23)13-21-9-11-22(12-10-21)16-7-3-4-8-19-16/h1-8H,9-13H2,(H,20,23)/p+2. The monoisotopic (exact) mass is 376 g/mol. The Kier molecular flexibility index (Phi) is 5.25. The Labute approximate surface area is 144 Å². The highest BCUT2D eigenvalue weighted by Gasteiger charge is 2.27. The molecule has 23 heavy (non-hydrogen) atoms. The van der Waals surface area contributed by atoms with Crippen LogP contribution in [-0.2, 0) is 4.79 Å². The molecule has 2 heterocycles. The van der Waals surface area contributed by atoms with Gasteiger partial charge in [-0.2, -0.15) is 0 Å². The summed E-state index contributed by atoms with van der Waals surface area (Å²) in [5, 5.41) is 2.97. The molecule has 0 aliphatic carbocycles. The van der Waals surface area contributed by atoms with Gasteiger partial charge in [-0.1, -0.05) is 18.2 Å². The molecule has 0 atom stereocenters. The van der Waals surface area contributed by atoms with E-state index in [-0.39, 0.29) is 5.91 Å². The van der Waals surface area contributed by atoms with Gasteiger partial charge < -0.3 is 10.2 Å². The second-order valence-corrected chi connectivity index (χ2v) is 6.54. The van der Waals surface area contributed by atoms with E-state index in [9.17, 15) is 4.79 Å². The van der Waals surface area contributed by atoms with E-state index >= 15 is 0 Å². The van der Waals surface area contributed by atoms with Crippen LogP contribution < -0.4 is 20.1 Å². The maximum absolute atomic E-state index is 12.2. The first-order chi connectivity index (χ1) is 11.2. The molecule has 3 N–H and O–H groups in total. The summed E-state index contributed by atoms with van der Waals surface area (Å²) >= 11 is 3.45. The molecule has 2 aromatic rings. The van der Waals surface area contributed by atoms with E-state index in [0.29, 0.717) is 6.54 Å². The van der Waals surface area contributed by atoms with Crippen LogP contribution in [0.2, 0.25) is 0 Å². The van der Waals surface area contributed by atoms with Gasteiger partial charge in [-0.25, -0.2) is 4.98 Å². The van der Waals surface area contributed by atoms with Crippen molar-refractivity contribution in [3.05, 3.63) is 53.1 Å². The first kappa shape index (κ1) is 16.0. The van der Waals surface area contributed by atoms with E-state index in [2.05, 4.69) is 37.2 Å². The fourth-order valence-corrected chi connectivity index (χ4v) is 3.19. The second-order valence-electron chi connectivity index (χ2n) is 5.69. The quantitative estimate of drug-likeness (QED) is 0.821. The molecule has 0 unspecified atom stereocenters. The van der Waals surface area contributed by atoms with Gasteiger partial charge in [0.2, 0.25) is 0 Å². The maximum Gasteiger partial charge on any atom is 0.279 e. The summed E-state index contributed by atoms with van der Waals surface area (Å²) < 4.78 is 0.910. The van der Waals surface area contributed by atoms with Crippen molar-refractivity contribution >= 4 is 33.3 Å². The molecule has 5 nitrogen and oxygen atoms in total. The number of piperazine rings is 1. The van der Waals surface area contributed by atoms with Gasteiger partial charge >= 0.3 is 0 Å². The molecule has 1 aromatic heterocycles. The average molecular weight is 377 g/mol. The molecule has 1 aliphatic rings. The number of aromatic nitrogens is 1. The summed E-state index contributed by atoms with van der Waals surface area (Å²) in [4.78, 5) is 19.1. The van der Waals surface area contributed by atoms with Gasteiger partial charge in [0.05, 0.1) is 11.9 Å². The number of anilines is 2. The Morgan fingerprint density at radius 1 is 1.17 bits per heavy atom. The number of nitrogens with zero attached hydrogens (tertiary/aromatic N) is 1. The number of pyridine rings is 1. The van der Waals surface area contributed by atoms with Gasteiger partial charge in [0, 0.05) is 10.5 Å². The van der Waals surface area contributed by atoms with Crippen molar-refractivity contribution in [2.24, 2.45) is 0 Å². The first-order valence-corrected chi connectivity index (χ1v) is 8.61. The summed E-state index contributed by atoms with van der Waals surface area (Å²) in [6.07, 6.45) is 1.94. The van der Waals surface area contributed by atoms with Crippen molar-refractivity contribution in [2.45, 2.75) is 0 Å². The van der Waals surface area contributed by atoms with Crippen molar-refractivity contribution < 1.29 is 14.7 Å². The largest absolute Gasteiger partial charge is 0.321 e. The SMILES string of the molecule is O=C(C[NH+]1CCN(c2cccc[nH+]2)CC1)Nc1ccccc1Br. The first-order valence-electron chi connectivity index (χ1n) is 7.82. The van der Waals surface area contributed by atoms with Crippen molar-refractivity contribution in [1.82, 2.24) is 0 Å². The fourth-order valence-electron chi connectivity index (χ4n) is 2.81. The Morgan fingerprint density at radius 2 is 1.91 bits per heavy atom. The van der Waals surface area contributed by atoms with E-state index < -0.39 is 0 Å². The molecule has 1 aliphatic heterocycles. The number of nitrogens with one attached hydrogen (secondary N) is 3. The lowest BCUT2D eigenvalue weighted by molar-refractivity contribution is -0.892. The summed E-state index contributed by atoms with van der Waals surface area (Å²) in [5.41, 5.74) is 0.828. The molecule has 0 radical (unpaired) electrons. The van der Waals surface area contributed by atoms with Crippen LogP contribution in [0.15, 0.2) is 53.1 Å². The highest BCUT2D eigenvalue weighted by molar-refractivity contribution is 9.10. The zero-order chi connectivity index (χ0) is 16.1. The Balaban J connectivity index is 1.49. The van der Waals surface area contributed by atoms with Crippen LogP contribution in [0.4, 0.5) is 11.5 Å². The zero-order valence-electron chi connectivity index (χ0n) is 12.9. The lowest BCUT2D eigenvalue weighted by atomic mass is 10.3. The number of benzene rings is 1. The molecule has 0 spiro atoms. The number of halogens is 1. The Bertz CT molecular complexity index is 657. The number of quaternary nitrogens is 1. The molecule has 1 saturated heterocycles. The van der Waals surface area contributed by atoms with Gasteiger partial charge in [-0.15, -0.1) is 0 Å². The third-order valence-electron chi connectivity index (χ3n) is 4.06. The summed E-state index contributed by atoms with van der Waals surface area (Å²) in [7, 11) is 0. The minimum absolute atomic E-state index is 0.0617. The molecule has 1 amide bonds. The fraction of sp³-hybridized carbons (Fsp3) is 0.294. The van der Waals surface area contributed by atoms with Crippen LogP contribution in [-0.4, -0.2) is 38.6 Å². The number of para-hydroxylation sites is 1. The number of H-pyrrole nitrogens is 1. The molecule has 0 saturated carbocycles. The maximum atomic E-state index is 12.2. The topological polar surface area (TPSA) is 50.9 Å². The van der Waals surface area contributed by atoms with Crippen molar-refractivity contribution in [3.8, 4) is 0 Å². The molecule has 0 bridgehead atoms. The number of carbonyl (C=O) groups is 1. The van der Waals surface area contributed by atoms with E-state index in [1.807, 2.05) is 42.6 Å². The van der Waals surface area contributed by atoms with Crippen molar-refractivity contribution in [3.63, 3.8) is 0 Å². The number of aromatic amines is 1. The molecule has 120 valence electrons. The predicted octanol–water partition coefficient (Wildman–Crippen LogP) is 0.607. The second kappa shape index (κ2) is 7.57. The minimum Gasteiger partial charge on any atom is -0.321 e. The molecular formula is C17H21BrN4O+2. The molecule has 1 aromatic carbocycles. The Morgan fingerprint density at radius 3 is 2.61 bits per heavy atom. The molecule has 1 fully saturated rings. The van der Waals surface area contributed by atoms with Crippen LogP contribution >= 0.6 is 15.9 Å². The summed E-state index contributed by atoms with van der Waals surface area (Å²) in [5.74, 6) is 1.20. The number of carbonyl (C=O) groups excluding carboxylic acids is 1. The molecule has 3 rings (SSSR count). The average Bonchev–Trinajstić information content (AvgIpc) is 2.58. The number of hydrogen-bond acceptors (Lipinski definition) is 2. The van der Waals surface area contributed by atoms with E-state index in [1.165, 1.54) is 4.90 Å². The van der Waals surface area contributed by atoms with Crippen molar-refractivity contribution in [1.29, 1.82) is 0 Å². The lowest BCUT2D eigenvalue weighted by Gasteiger charge is -2.27. The van der Waals surface area contributed by atoms with Gasteiger partial charge in [0.25, 0.3) is 11.7 Å². The van der Waals surface area contributed by atoms with Gasteiger partial charge in [-0.3, -0.25) is 9.69 Å². The third kappa shape index (κ3) is 4.30. The van der Waals surface area contributed by atoms with Crippen LogP contribution in [0.3, 0.4) is 0 Å². The van der Waals surface area contributed by atoms with Crippen LogP contribution in [0.25, 0.3) is 0 Å². The Hall–Kier alpha value is -1.92. The normalized spacial score (nSPS) is 15.4. The van der Waals surface area contributed by atoms with Crippen LogP contribution in [0.5, 0.6) is 0 Å². The highest BCUT2D eigenvalue weighted by atomic mass is 79.9. The van der Waals surface area contributed by atoms with E-state index in [1.54, 1.807) is 0 Å². The summed E-state index contributed by atoms with van der Waals surface area (Å²) in [6.45, 7) is 4.35. The summed E-state index contributed by atoms with van der Waals surface area (Å²) in [6, 6.07) is 13.8. The molecular weight excluding hydrogens is 356 g/mol. The predicted molar refractivity (Wildman–Crippen MR) is 93.5 cm³/mol. The van der Waals surface area contributed by atoms with Crippen LogP contribution in [0, 0.1) is 0 Å². The third-order valence-corrected chi connectivity index (χ3v) is 4.75. The smallest absolute Gasteiger partial charge is 0.279 e. The lowest BCUT2D eigenvalue weighted by Crippen LogP contribution is -3.15. The number of amides is 1. The minimum atomic E-state index is 0.0617. The number of hydrogen-bond donors (Lipinski definition) is 2. The number of rotatable bonds is 4. The van der Waals surface area contributed by atoms with E-state index in [4.69, 9.17) is 0 Å².